The summed E-state index contributed by atoms with van der Waals surface area (Å²) in [5, 5.41) is 4.75. The van der Waals surface area contributed by atoms with Gasteiger partial charge in [-0.3, -0.25) is 4.98 Å². The van der Waals surface area contributed by atoms with Gasteiger partial charge in [0, 0.05) is 18.1 Å². The van der Waals surface area contributed by atoms with Crippen molar-refractivity contribution in [2.24, 2.45) is 0 Å². The van der Waals surface area contributed by atoms with Crippen LogP contribution in [-0.4, -0.2) is 18.1 Å². The summed E-state index contributed by atoms with van der Waals surface area (Å²) in [4.78, 5) is 4.63. The van der Waals surface area contributed by atoms with Gasteiger partial charge in [-0.2, -0.15) is 0 Å². The molecule has 0 spiro atoms. The van der Waals surface area contributed by atoms with Crippen LogP contribution in [0.5, 0.6) is 0 Å². The van der Waals surface area contributed by atoms with Gasteiger partial charge in [-0.05, 0) is 49.4 Å². The fourth-order valence-electron chi connectivity index (χ4n) is 2.74. The summed E-state index contributed by atoms with van der Waals surface area (Å²) in [5.41, 5.74) is 3.83. The van der Waals surface area contributed by atoms with E-state index in [4.69, 9.17) is 0 Å². The van der Waals surface area contributed by atoms with E-state index in [1.807, 2.05) is 6.20 Å². The lowest BCUT2D eigenvalue weighted by molar-refractivity contribution is 0.463. The monoisotopic (exact) mass is 226 g/mol. The summed E-state index contributed by atoms with van der Waals surface area (Å²) in [6, 6.07) is 8.78. The smallest absolute Gasteiger partial charge is 0.0737 e. The van der Waals surface area contributed by atoms with E-state index in [0.29, 0.717) is 5.92 Å². The van der Waals surface area contributed by atoms with E-state index in [1.165, 1.54) is 34.9 Å². The molecule has 2 nitrogen and oxygen atoms in total. The lowest BCUT2D eigenvalue weighted by atomic mass is 9.90. The van der Waals surface area contributed by atoms with Gasteiger partial charge < -0.3 is 5.32 Å². The number of fused-ring (bicyclic) bond motifs is 1. The van der Waals surface area contributed by atoms with Crippen LogP contribution >= 0.6 is 0 Å². The van der Waals surface area contributed by atoms with Crippen molar-refractivity contribution in [3.8, 4) is 0 Å². The van der Waals surface area contributed by atoms with Crippen LogP contribution in [0.4, 0.5) is 0 Å². The van der Waals surface area contributed by atoms with Crippen molar-refractivity contribution in [1.82, 2.24) is 10.3 Å². The number of aromatic nitrogens is 1. The molecule has 0 aliphatic carbocycles. The average molecular weight is 226 g/mol. The van der Waals surface area contributed by atoms with Gasteiger partial charge in [-0.1, -0.05) is 18.2 Å². The Balaban J connectivity index is 2.09. The normalized spacial score (nSPS) is 20.6. The first-order valence-electron chi connectivity index (χ1n) is 6.40. The second-order valence-corrected chi connectivity index (χ2v) is 4.97. The Hall–Kier alpha value is -1.41. The number of rotatable bonds is 1. The Bertz CT molecular complexity index is 527. The van der Waals surface area contributed by atoms with Gasteiger partial charge in [-0.15, -0.1) is 0 Å². The van der Waals surface area contributed by atoms with Crippen LogP contribution in [0, 0.1) is 6.92 Å². The molecule has 1 aromatic carbocycles. The molecule has 2 heteroatoms. The molecule has 2 heterocycles. The number of hydrogen-bond donors (Lipinski definition) is 1. The first-order valence-corrected chi connectivity index (χ1v) is 6.40. The molecule has 1 fully saturated rings. The van der Waals surface area contributed by atoms with Crippen LogP contribution in [-0.2, 0) is 0 Å². The molecule has 0 saturated carbocycles. The van der Waals surface area contributed by atoms with Crippen LogP contribution in [0.2, 0.25) is 0 Å². The van der Waals surface area contributed by atoms with Crippen LogP contribution in [0.15, 0.2) is 30.5 Å². The Labute approximate surface area is 102 Å². The van der Waals surface area contributed by atoms with E-state index >= 15 is 0 Å². The molecule has 0 unspecified atom stereocenters. The molecule has 1 aliphatic rings. The molecule has 1 N–H and O–H groups in total. The zero-order valence-corrected chi connectivity index (χ0v) is 10.2. The lowest BCUT2D eigenvalue weighted by Gasteiger charge is -2.23. The zero-order chi connectivity index (χ0) is 11.7. The summed E-state index contributed by atoms with van der Waals surface area (Å²) in [7, 11) is 0. The van der Waals surface area contributed by atoms with Crippen molar-refractivity contribution >= 4 is 10.9 Å². The maximum absolute atomic E-state index is 4.63. The van der Waals surface area contributed by atoms with E-state index in [9.17, 15) is 0 Å². The van der Waals surface area contributed by atoms with Crippen LogP contribution in [0.3, 0.4) is 0 Å². The summed E-state index contributed by atoms with van der Waals surface area (Å²) >= 11 is 0. The molecular formula is C15H18N2. The second-order valence-electron chi connectivity index (χ2n) is 4.97. The lowest BCUT2D eigenvalue weighted by Crippen LogP contribution is -2.28. The highest BCUT2D eigenvalue weighted by atomic mass is 14.9. The number of nitrogens with zero attached hydrogens (tertiary/aromatic N) is 1. The summed E-state index contributed by atoms with van der Waals surface area (Å²) in [6.07, 6.45) is 4.52. The molecule has 1 aromatic heterocycles. The zero-order valence-electron chi connectivity index (χ0n) is 10.2. The standard InChI is InChI=1S/C15H18N2/c1-11-8-12-4-2-6-14(15(12)17-9-11)13-5-3-7-16-10-13/h2,4,6,8-9,13,16H,3,5,7,10H2,1H3/t13-/m1/s1. The number of benzene rings is 1. The van der Waals surface area contributed by atoms with Crippen molar-refractivity contribution in [1.29, 1.82) is 0 Å². The highest BCUT2D eigenvalue weighted by molar-refractivity contribution is 5.82. The molecule has 1 atom stereocenters. The van der Waals surface area contributed by atoms with E-state index in [2.05, 4.69) is 41.5 Å². The maximum atomic E-state index is 4.63. The van der Waals surface area contributed by atoms with Gasteiger partial charge in [0.15, 0.2) is 0 Å². The molecule has 88 valence electrons. The van der Waals surface area contributed by atoms with Crippen LogP contribution in [0.25, 0.3) is 10.9 Å². The number of pyridine rings is 1. The SMILES string of the molecule is Cc1cnc2c([C@@H]3CCCNC3)cccc2c1. The summed E-state index contributed by atoms with van der Waals surface area (Å²) in [5.74, 6) is 0.627. The van der Waals surface area contributed by atoms with Gasteiger partial charge in [0.05, 0.1) is 5.52 Å². The molecular weight excluding hydrogens is 208 g/mol. The third-order valence-corrected chi connectivity index (χ3v) is 3.62. The number of hydrogen-bond acceptors (Lipinski definition) is 2. The minimum atomic E-state index is 0.627. The topological polar surface area (TPSA) is 24.9 Å². The molecule has 3 rings (SSSR count). The minimum absolute atomic E-state index is 0.627. The molecule has 1 aliphatic heterocycles. The van der Waals surface area contributed by atoms with Crippen molar-refractivity contribution in [2.75, 3.05) is 13.1 Å². The Morgan fingerprint density at radius 2 is 2.29 bits per heavy atom. The average Bonchev–Trinajstić information content (AvgIpc) is 2.39. The number of aryl methyl sites for hydroxylation is 1. The minimum Gasteiger partial charge on any atom is -0.316 e. The first-order chi connectivity index (χ1) is 8.34. The molecule has 2 aromatic rings. The van der Waals surface area contributed by atoms with Crippen molar-refractivity contribution < 1.29 is 0 Å². The molecule has 0 bridgehead atoms. The quantitative estimate of drug-likeness (QED) is 0.808. The molecule has 1 saturated heterocycles. The van der Waals surface area contributed by atoms with Gasteiger partial charge in [0.1, 0.15) is 0 Å². The van der Waals surface area contributed by atoms with Gasteiger partial charge >= 0.3 is 0 Å². The predicted octanol–water partition coefficient (Wildman–Crippen LogP) is 3.01. The number of nitrogens with one attached hydrogen (secondary N) is 1. The predicted molar refractivity (Wildman–Crippen MR) is 71.3 cm³/mol. The van der Waals surface area contributed by atoms with E-state index in [0.717, 1.165) is 13.1 Å². The van der Waals surface area contributed by atoms with Crippen molar-refractivity contribution in [2.45, 2.75) is 25.7 Å². The number of para-hydroxylation sites is 1. The molecule has 0 radical (unpaired) electrons. The van der Waals surface area contributed by atoms with Crippen LogP contribution in [0.1, 0.15) is 29.9 Å². The van der Waals surface area contributed by atoms with E-state index in [1.54, 1.807) is 0 Å². The van der Waals surface area contributed by atoms with Crippen molar-refractivity contribution in [3.63, 3.8) is 0 Å². The van der Waals surface area contributed by atoms with Crippen LogP contribution < -0.4 is 5.32 Å². The molecule has 0 amide bonds. The Kier molecular flexibility index (Phi) is 2.81. The highest BCUT2D eigenvalue weighted by Gasteiger charge is 2.17. The Morgan fingerprint density at radius 1 is 1.35 bits per heavy atom. The Morgan fingerprint density at radius 3 is 3.12 bits per heavy atom. The van der Waals surface area contributed by atoms with Gasteiger partial charge in [0.25, 0.3) is 0 Å². The van der Waals surface area contributed by atoms with Gasteiger partial charge in [0.2, 0.25) is 0 Å². The van der Waals surface area contributed by atoms with E-state index in [-0.39, 0.29) is 0 Å². The highest BCUT2D eigenvalue weighted by Crippen LogP contribution is 2.28. The number of piperidine rings is 1. The second kappa shape index (κ2) is 4.46. The third kappa shape index (κ3) is 2.05. The molecule has 17 heavy (non-hydrogen) atoms. The van der Waals surface area contributed by atoms with Gasteiger partial charge in [-0.25, -0.2) is 0 Å². The summed E-state index contributed by atoms with van der Waals surface area (Å²) < 4.78 is 0. The summed E-state index contributed by atoms with van der Waals surface area (Å²) in [6.45, 7) is 4.35. The fraction of sp³-hybridized carbons (Fsp3) is 0.400. The first kappa shape index (κ1) is 10.7. The maximum Gasteiger partial charge on any atom is 0.0737 e. The fourth-order valence-corrected chi connectivity index (χ4v) is 2.74. The van der Waals surface area contributed by atoms with Crippen molar-refractivity contribution in [3.05, 3.63) is 41.6 Å². The van der Waals surface area contributed by atoms with E-state index < -0.39 is 0 Å². The third-order valence-electron chi connectivity index (χ3n) is 3.62. The largest absolute Gasteiger partial charge is 0.316 e.